The van der Waals surface area contributed by atoms with Crippen LogP contribution in [0.1, 0.15) is 11.7 Å². The maximum absolute atomic E-state index is 12.2. The summed E-state index contributed by atoms with van der Waals surface area (Å²) in [6, 6.07) is 17.2. The van der Waals surface area contributed by atoms with Crippen molar-refractivity contribution in [1.29, 1.82) is 0 Å². The zero-order valence-electron chi connectivity index (χ0n) is 8.81. The molecule has 0 amide bonds. The standard InChI is InChI=1S/C14H13FO/c15-10-14(16)13-8-6-12(7-9-13)11-4-2-1-3-5-11/h1-9,14,16H,10H2. The first-order valence-electron chi connectivity index (χ1n) is 5.20. The normalized spacial score (nSPS) is 12.4. The summed E-state index contributed by atoms with van der Waals surface area (Å²) in [6.07, 6.45) is -1.01. The first-order valence-corrected chi connectivity index (χ1v) is 5.20. The zero-order chi connectivity index (χ0) is 11.4. The molecule has 1 N–H and O–H groups in total. The van der Waals surface area contributed by atoms with E-state index < -0.39 is 12.8 Å². The summed E-state index contributed by atoms with van der Waals surface area (Å²) >= 11 is 0. The Kier molecular flexibility index (Phi) is 3.32. The Bertz CT molecular complexity index is 436. The van der Waals surface area contributed by atoms with E-state index in [0.29, 0.717) is 5.56 Å². The summed E-state index contributed by atoms with van der Waals surface area (Å²) in [7, 11) is 0. The first kappa shape index (κ1) is 10.8. The summed E-state index contributed by atoms with van der Waals surface area (Å²) in [5.41, 5.74) is 2.79. The van der Waals surface area contributed by atoms with Gasteiger partial charge in [0.1, 0.15) is 12.8 Å². The van der Waals surface area contributed by atoms with E-state index in [1.165, 1.54) is 0 Å². The Morgan fingerprint density at radius 3 is 2.00 bits per heavy atom. The number of halogens is 1. The lowest BCUT2D eigenvalue weighted by molar-refractivity contribution is 0.142. The molecule has 0 aromatic heterocycles. The monoisotopic (exact) mass is 216 g/mol. The molecule has 0 aliphatic rings. The number of aliphatic hydroxyl groups excluding tert-OH is 1. The first-order chi connectivity index (χ1) is 7.81. The summed E-state index contributed by atoms with van der Waals surface area (Å²) in [6.45, 7) is -0.745. The molecule has 0 bridgehead atoms. The molecule has 0 saturated carbocycles. The molecule has 2 aromatic rings. The molecule has 82 valence electrons. The van der Waals surface area contributed by atoms with Gasteiger partial charge in [0.2, 0.25) is 0 Å². The van der Waals surface area contributed by atoms with Crippen LogP contribution in [-0.2, 0) is 0 Å². The molecule has 2 rings (SSSR count). The zero-order valence-corrected chi connectivity index (χ0v) is 8.81. The van der Waals surface area contributed by atoms with E-state index in [2.05, 4.69) is 0 Å². The fourth-order valence-corrected chi connectivity index (χ4v) is 1.62. The van der Waals surface area contributed by atoms with Gasteiger partial charge < -0.3 is 5.11 Å². The molecule has 0 radical (unpaired) electrons. The summed E-state index contributed by atoms with van der Waals surface area (Å²) in [4.78, 5) is 0. The third-order valence-electron chi connectivity index (χ3n) is 2.55. The summed E-state index contributed by atoms with van der Waals surface area (Å²) in [5.74, 6) is 0. The minimum Gasteiger partial charge on any atom is -0.386 e. The highest BCUT2D eigenvalue weighted by atomic mass is 19.1. The lowest BCUT2D eigenvalue weighted by Crippen LogP contribution is -1.98. The van der Waals surface area contributed by atoms with Gasteiger partial charge in [-0.05, 0) is 16.7 Å². The van der Waals surface area contributed by atoms with Gasteiger partial charge >= 0.3 is 0 Å². The van der Waals surface area contributed by atoms with Crippen molar-refractivity contribution in [2.75, 3.05) is 6.67 Å². The van der Waals surface area contributed by atoms with Crippen molar-refractivity contribution < 1.29 is 9.50 Å². The van der Waals surface area contributed by atoms with Crippen LogP contribution >= 0.6 is 0 Å². The molecule has 0 aliphatic carbocycles. The van der Waals surface area contributed by atoms with E-state index in [1.54, 1.807) is 12.1 Å². The van der Waals surface area contributed by atoms with Crippen LogP contribution in [0, 0.1) is 0 Å². The maximum atomic E-state index is 12.2. The lowest BCUT2D eigenvalue weighted by Gasteiger charge is -2.07. The summed E-state index contributed by atoms with van der Waals surface area (Å²) in [5, 5.41) is 9.32. The predicted octanol–water partition coefficient (Wildman–Crippen LogP) is 3.36. The van der Waals surface area contributed by atoms with Crippen LogP contribution in [0.3, 0.4) is 0 Å². The van der Waals surface area contributed by atoms with Crippen LogP contribution < -0.4 is 0 Å². The Balaban J connectivity index is 2.26. The molecule has 0 saturated heterocycles. The maximum Gasteiger partial charge on any atom is 0.119 e. The van der Waals surface area contributed by atoms with E-state index in [1.807, 2.05) is 42.5 Å². The number of benzene rings is 2. The van der Waals surface area contributed by atoms with Crippen molar-refractivity contribution in [3.63, 3.8) is 0 Å². The molecule has 1 nitrogen and oxygen atoms in total. The van der Waals surface area contributed by atoms with E-state index in [9.17, 15) is 9.50 Å². The minimum atomic E-state index is -1.01. The number of hydrogen-bond acceptors (Lipinski definition) is 1. The lowest BCUT2D eigenvalue weighted by atomic mass is 10.0. The van der Waals surface area contributed by atoms with Gasteiger partial charge in [-0.15, -0.1) is 0 Å². The highest BCUT2D eigenvalue weighted by molar-refractivity contribution is 5.63. The molecule has 2 aromatic carbocycles. The highest BCUT2D eigenvalue weighted by Crippen LogP contribution is 2.21. The average Bonchev–Trinajstić information content (AvgIpc) is 2.39. The smallest absolute Gasteiger partial charge is 0.119 e. The fourth-order valence-electron chi connectivity index (χ4n) is 1.62. The second-order valence-corrected chi connectivity index (χ2v) is 3.66. The third kappa shape index (κ3) is 2.28. The second-order valence-electron chi connectivity index (χ2n) is 3.66. The molecule has 2 heteroatoms. The van der Waals surface area contributed by atoms with Crippen LogP contribution in [0.15, 0.2) is 54.6 Å². The Morgan fingerprint density at radius 2 is 1.44 bits per heavy atom. The van der Waals surface area contributed by atoms with Crippen molar-refractivity contribution in [3.8, 4) is 11.1 Å². The van der Waals surface area contributed by atoms with Gasteiger partial charge in [0.15, 0.2) is 0 Å². The van der Waals surface area contributed by atoms with Gasteiger partial charge in [0.25, 0.3) is 0 Å². The van der Waals surface area contributed by atoms with Gasteiger partial charge in [0.05, 0.1) is 0 Å². The van der Waals surface area contributed by atoms with Crippen LogP contribution in [0.25, 0.3) is 11.1 Å². The largest absolute Gasteiger partial charge is 0.386 e. The van der Waals surface area contributed by atoms with Crippen molar-refractivity contribution >= 4 is 0 Å². The molecule has 16 heavy (non-hydrogen) atoms. The Labute approximate surface area is 94.2 Å². The topological polar surface area (TPSA) is 20.2 Å². The average molecular weight is 216 g/mol. The SMILES string of the molecule is OC(CF)c1ccc(-c2ccccc2)cc1. The number of alkyl halides is 1. The van der Waals surface area contributed by atoms with Crippen LogP contribution in [0.4, 0.5) is 4.39 Å². The Morgan fingerprint density at radius 1 is 0.875 bits per heavy atom. The quantitative estimate of drug-likeness (QED) is 0.834. The van der Waals surface area contributed by atoms with Crippen LogP contribution in [0.5, 0.6) is 0 Å². The van der Waals surface area contributed by atoms with Gasteiger partial charge in [-0.2, -0.15) is 0 Å². The van der Waals surface area contributed by atoms with Crippen molar-refractivity contribution in [1.82, 2.24) is 0 Å². The molecule has 0 heterocycles. The third-order valence-corrected chi connectivity index (χ3v) is 2.55. The van der Waals surface area contributed by atoms with Gasteiger partial charge in [0, 0.05) is 0 Å². The van der Waals surface area contributed by atoms with Crippen LogP contribution in [0.2, 0.25) is 0 Å². The van der Waals surface area contributed by atoms with E-state index >= 15 is 0 Å². The summed E-state index contributed by atoms with van der Waals surface area (Å²) < 4.78 is 12.2. The Hall–Kier alpha value is -1.67. The van der Waals surface area contributed by atoms with Gasteiger partial charge in [-0.25, -0.2) is 4.39 Å². The predicted molar refractivity (Wildman–Crippen MR) is 62.8 cm³/mol. The van der Waals surface area contributed by atoms with Crippen molar-refractivity contribution in [3.05, 3.63) is 60.2 Å². The van der Waals surface area contributed by atoms with Crippen molar-refractivity contribution in [2.24, 2.45) is 0 Å². The second kappa shape index (κ2) is 4.90. The molecular weight excluding hydrogens is 203 g/mol. The molecule has 1 atom stereocenters. The fraction of sp³-hybridized carbons (Fsp3) is 0.143. The van der Waals surface area contributed by atoms with Crippen molar-refractivity contribution in [2.45, 2.75) is 6.10 Å². The molecular formula is C14H13FO. The van der Waals surface area contributed by atoms with E-state index in [-0.39, 0.29) is 0 Å². The molecule has 0 fully saturated rings. The number of aliphatic hydroxyl groups is 1. The van der Waals surface area contributed by atoms with Gasteiger partial charge in [-0.3, -0.25) is 0 Å². The minimum absolute atomic E-state index is 0.613. The van der Waals surface area contributed by atoms with Gasteiger partial charge in [-0.1, -0.05) is 54.6 Å². The molecule has 1 unspecified atom stereocenters. The van der Waals surface area contributed by atoms with E-state index in [4.69, 9.17) is 0 Å². The van der Waals surface area contributed by atoms with E-state index in [0.717, 1.165) is 11.1 Å². The molecule has 0 spiro atoms. The molecule has 0 aliphatic heterocycles. The number of rotatable bonds is 3. The highest BCUT2D eigenvalue weighted by Gasteiger charge is 2.06. The number of hydrogen-bond donors (Lipinski definition) is 1. The van der Waals surface area contributed by atoms with Crippen LogP contribution in [-0.4, -0.2) is 11.8 Å².